The zero-order valence-electron chi connectivity index (χ0n) is 14.2. The molecule has 1 aliphatic rings. The predicted octanol–water partition coefficient (Wildman–Crippen LogP) is 1.31. The van der Waals surface area contributed by atoms with Gasteiger partial charge in [0.2, 0.25) is 11.8 Å². The first-order chi connectivity index (χ1) is 12.5. The van der Waals surface area contributed by atoms with Crippen LogP contribution in [0.4, 0.5) is 0 Å². The van der Waals surface area contributed by atoms with Crippen molar-refractivity contribution >= 4 is 39.3 Å². The Labute approximate surface area is 153 Å². The van der Waals surface area contributed by atoms with Crippen molar-refractivity contribution in [3.63, 3.8) is 0 Å². The molecule has 2 aromatic rings. The van der Waals surface area contributed by atoms with Crippen LogP contribution in [0, 0.1) is 12.3 Å². The van der Waals surface area contributed by atoms with Crippen LogP contribution in [0.25, 0.3) is 10.2 Å². The fourth-order valence-corrected chi connectivity index (χ4v) is 3.83. The number of aromatic nitrogens is 1. The summed E-state index contributed by atoms with van der Waals surface area (Å²) in [5.74, 6) is 1.97. The minimum Gasteiger partial charge on any atom is -0.492 e. The number of fused-ring (bicyclic) bond motifs is 1. The van der Waals surface area contributed by atoms with Crippen LogP contribution in [-0.2, 0) is 20.9 Å². The molecule has 1 aromatic heterocycles. The highest BCUT2D eigenvalue weighted by Crippen LogP contribution is 2.27. The molecule has 2 heterocycles. The van der Waals surface area contributed by atoms with E-state index in [4.69, 9.17) is 11.2 Å². The smallest absolute Gasteiger partial charge is 0.268 e. The van der Waals surface area contributed by atoms with Crippen LogP contribution >= 0.6 is 11.3 Å². The number of thiazole rings is 1. The lowest BCUT2D eigenvalue weighted by Crippen LogP contribution is -2.34. The van der Waals surface area contributed by atoms with Crippen molar-refractivity contribution in [3.05, 3.63) is 23.0 Å². The number of para-hydroxylation sites is 1. The van der Waals surface area contributed by atoms with Crippen molar-refractivity contribution < 1.29 is 19.1 Å². The SMILES string of the molecule is C#CCn1c(=NC(=O)CN2C(=O)CCC2=O)sc2cccc(OCC)c21. The Morgan fingerprint density at radius 1 is 1.35 bits per heavy atom. The summed E-state index contributed by atoms with van der Waals surface area (Å²) in [6, 6.07) is 5.59. The highest BCUT2D eigenvalue weighted by molar-refractivity contribution is 7.16. The first kappa shape index (κ1) is 17.9. The third kappa shape index (κ3) is 3.39. The fourth-order valence-electron chi connectivity index (χ4n) is 2.77. The summed E-state index contributed by atoms with van der Waals surface area (Å²) in [6.45, 7) is 2.25. The standard InChI is InChI=1S/C18H17N3O4S/c1-3-10-20-17-12(25-4-2)6-5-7-13(17)26-18(20)19-14(22)11-21-15(23)8-9-16(21)24/h1,5-7H,4,8-11H2,2H3. The Balaban J connectivity index is 2.02. The predicted molar refractivity (Wildman–Crippen MR) is 96.3 cm³/mol. The van der Waals surface area contributed by atoms with Gasteiger partial charge < -0.3 is 9.30 Å². The normalized spacial score (nSPS) is 14.9. The number of likely N-dealkylation sites (tertiary alicyclic amines) is 1. The van der Waals surface area contributed by atoms with Gasteiger partial charge in [-0.3, -0.25) is 19.3 Å². The average molecular weight is 371 g/mol. The number of amides is 3. The molecule has 26 heavy (non-hydrogen) atoms. The number of nitrogens with zero attached hydrogens (tertiary/aromatic N) is 3. The van der Waals surface area contributed by atoms with Crippen molar-refractivity contribution in [1.82, 2.24) is 9.47 Å². The van der Waals surface area contributed by atoms with Gasteiger partial charge in [-0.25, -0.2) is 0 Å². The number of hydrogen-bond acceptors (Lipinski definition) is 5. The summed E-state index contributed by atoms with van der Waals surface area (Å²) in [5, 5.41) is 0. The molecule has 1 fully saturated rings. The van der Waals surface area contributed by atoms with E-state index in [1.807, 2.05) is 25.1 Å². The van der Waals surface area contributed by atoms with E-state index in [0.717, 1.165) is 15.1 Å². The van der Waals surface area contributed by atoms with Crippen molar-refractivity contribution in [1.29, 1.82) is 0 Å². The van der Waals surface area contributed by atoms with Crippen LogP contribution in [0.1, 0.15) is 19.8 Å². The molecule has 7 nitrogen and oxygen atoms in total. The second-order valence-corrected chi connectivity index (χ2v) is 6.60. The topological polar surface area (TPSA) is 81.0 Å². The summed E-state index contributed by atoms with van der Waals surface area (Å²) < 4.78 is 8.27. The Morgan fingerprint density at radius 3 is 2.73 bits per heavy atom. The van der Waals surface area contributed by atoms with Gasteiger partial charge in [0, 0.05) is 12.8 Å². The lowest BCUT2D eigenvalue weighted by Gasteiger charge is -2.10. The van der Waals surface area contributed by atoms with Crippen LogP contribution in [0.5, 0.6) is 5.75 Å². The first-order valence-electron chi connectivity index (χ1n) is 8.14. The van der Waals surface area contributed by atoms with Gasteiger partial charge in [-0.05, 0) is 19.1 Å². The highest BCUT2D eigenvalue weighted by Gasteiger charge is 2.30. The van der Waals surface area contributed by atoms with Crippen LogP contribution < -0.4 is 9.54 Å². The molecular weight excluding hydrogens is 354 g/mol. The van der Waals surface area contributed by atoms with Crippen LogP contribution in [0.3, 0.4) is 0 Å². The van der Waals surface area contributed by atoms with Gasteiger partial charge in [0.15, 0.2) is 4.80 Å². The molecule has 0 aliphatic carbocycles. The molecule has 8 heteroatoms. The third-order valence-corrected chi connectivity index (χ3v) is 4.93. The molecule has 0 bridgehead atoms. The molecule has 0 unspecified atom stereocenters. The number of rotatable bonds is 5. The van der Waals surface area contributed by atoms with Crippen molar-refractivity contribution in [2.75, 3.05) is 13.2 Å². The second kappa shape index (κ2) is 7.54. The number of carbonyl (C=O) groups excluding carboxylic acids is 3. The van der Waals surface area contributed by atoms with Gasteiger partial charge in [0.1, 0.15) is 17.8 Å². The fraction of sp³-hybridized carbons (Fsp3) is 0.333. The van der Waals surface area contributed by atoms with E-state index in [1.54, 1.807) is 4.57 Å². The molecule has 0 N–H and O–H groups in total. The van der Waals surface area contributed by atoms with Gasteiger partial charge >= 0.3 is 0 Å². The zero-order chi connectivity index (χ0) is 18.7. The maximum absolute atomic E-state index is 12.3. The lowest BCUT2D eigenvalue weighted by atomic mass is 10.3. The number of benzene rings is 1. The van der Waals surface area contributed by atoms with Gasteiger partial charge in [-0.1, -0.05) is 23.3 Å². The number of terminal acetylenes is 1. The maximum atomic E-state index is 12.3. The molecule has 0 spiro atoms. The minimum absolute atomic E-state index is 0.143. The molecule has 0 saturated carbocycles. The summed E-state index contributed by atoms with van der Waals surface area (Å²) >= 11 is 1.30. The number of ether oxygens (including phenoxy) is 1. The minimum atomic E-state index is -0.566. The van der Waals surface area contributed by atoms with Crippen LogP contribution in [0.15, 0.2) is 23.2 Å². The van der Waals surface area contributed by atoms with E-state index < -0.39 is 5.91 Å². The van der Waals surface area contributed by atoms with Gasteiger partial charge in [-0.2, -0.15) is 4.99 Å². The molecule has 0 radical (unpaired) electrons. The zero-order valence-corrected chi connectivity index (χ0v) is 15.0. The van der Waals surface area contributed by atoms with Gasteiger partial charge in [-0.15, -0.1) is 6.42 Å². The molecule has 3 amide bonds. The Bertz CT molecular complexity index is 980. The highest BCUT2D eigenvalue weighted by atomic mass is 32.1. The summed E-state index contributed by atoms with van der Waals surface area (Å²) in [4.78, 5) is 41.1. The summed E-state index contributed by atoms with van der Waals surface area (Å²) in [6.07, 6.45) is 5.76. The maximum Gasteiger partial charge on any atom is 0.268 e. The molecule has 1 saturated heterocycles. The largest absolute Gasteiger partial charge is 0.492 e. The van der Waals surface area contributed by atoms with E-state index in [2.05, 4.69) is 10.9 Å². The van der Waals surface area contributed by atoms with Gasteiger partial charge in [0.05, 0.1) is 17.9 Å². The summed E-state index contributed by atoms with van der Waals surface area (Å²) in [5.41, 5.74) is 0.775. The lowest BCUT2D eigenvalue weighted by molar-refractivity contribution is -0.141. The molecule has 3 rings (SSSR count). The monoisotopic (exact) mass is 371 g/mol. The first-order valence-corrected chi connectivity index (χ1v) is 8.96. The van der Waals surface area contributed by atoms with E-state index in [0.29, 0.717) is 17.2 Å². The number of carbonyl (C=O) groups is 3. The average Bonchev–Trinajstić information content (AvgIpc) is 3.11. The second-order valence-electron chi connectivity index (χ2n) is 5.59. The molecule has 134 valence electrons. The summed E-state index contributed by atoms with van der Waals surface area (Å²) in [7, 11) is 0. The van der Waals surface area contributed by atoms with Gasteiger partial charge in [0.25, 0.3) is 5.91 Å². The van der Waals surface area contributed by atoms with E-state index >= 15 is 0 Å². The Hall–Kier alpha value is -2.92. The number of hydrogen-bond donors (Lipinski definition) is 0. The van der Waals surface area contributed by atoms with Crippen molar-refractivity contribution in [3.8, 4) is 18.1 Å². The Kier molecular flexibility index (Phi) is 5.19. The van der Waals surface area contributed by atoms with Crippen molar-refractivity contribution in [2.24, 2.45) is 4.99 Å². The molecule has 1 aliphatic heterocycles. The quantitative estimate of drug-likeness (QED) is 0.586. The van der Waals surface area contributed by atoms with E-state index in [-0.39, 0.29) is 37.7 Å². The van der Waals surface area contributed by atoms with E-state index in [1.165, 1.54) is 11.3 Å². The van der Waals surface area contributed by atoms with Crippen LogP contribution in [0.2, 0.25) is 0 Å². The Morgan fingerprint density at radius 2 is 2.08 bits per heavy atom. The third-order valence-electron chi connectivity index (χ3n) is 3.88. The van der Waals surface area contributed by atoms with E-state index in [9.17, 15) is 14.4 Å². The molecule has 0 atom stereocenters. The molecular formula is C18H17N3O4S. The molecule has 1 aromatic carbocycles. The van der Waals surface area contributed by atoms with Crippen molar-refractivity contribution in [2.45, 2.75) is 26.3 Å². The van der Waals surface area contributed by atoms with Crippen LogP contribution in [-0.4, -0.2) is 40.3 Å². The number of imide groups is 1.